The van der Waals surface area contributed by atoms with E-state index in [-0.39, 0.29) is 11.5 Å². The van der Waals surface area contributed by atoms with E-state index in [1.54, 1.807) is 0 Å². The molecule has 2 aliphatic rings. The molecule has 2 saturated carbocycles. The van der Waals surface area contributed by atoms with E-state index in [4.69, 9.17) is 5.11 Å². The topological polar surface area (TPSA) is 40.5 Å². The van der Waals surface area contributed by atoms with Crippen molar-refractivity contribution in [3.63, 3.8) is 0 Å². The molecule has 0 unspecified atom stereocenters. The zero-order valence-corrected chi connectivity index (χ0v) is 12.7. The predicted molar refractivity (Wildman–Crippen MR) is 76.5 cm³/mol. The number of aliphatic hydroxyl groups excluding tert-OH is 2. The van der Waals surface area contributed by atoms with Crippen molar-refractivity contribution in [2.45, 2.75) is 78.7 Å². The van der Waals surface area contributed by atoms with Crippen LogP contribution in [0.1, 0.15) is 72.6 Å². The first-order valence-electron chi connectivity index (χ1n) is 7.69. The fraction of sp³-hybridized carbons (Fsp3) is 1.00. The summed E-state index contributed by atoms with van der Waals surface area (Å²) in [6.07, 6.45) is 8.26. The highest BCUT2D eigenvalue weighted by atomic mass is 16.3. The van der Waals surface area contributed by atoms with E-state index in [0.717, 1.165) is 18.8 Å². The summed E-state index contributed by atoms with van der Waals surface area (Å²) in [7, 11) is 0. The van der Waals surface area contributed by atoms with Gasteiger partial charge in [0, 0.05) is 6.61 Å². The van der Waals surface area contributed by atoms with Gasteiger partial charge >= 0.3 is 0 Å². The summed E-state index contributed by atoms with van der Waals surface area (Å²) in [6.45, 7) is 9.42. The Hall–Kier alpha value is -0.0800. The maximum Gasteiger partial charge on any atom is 0.0601 e. The summed E-state index contributed by atoms with van der Waals surface area (Å²) in [5, 5.41) is 18.1. The Labute approximate surface area is 113 Å². The van der Waals surface area contributed by atoms with Gasteiger partial charge < -0.3 is 10.2 Å². The van der Waals surface area contributed by atoms with Crippen molar-refractivity contribution in [2.24, 2.45) is 16.7 Å². The minimum absolute atomic E-state index is 0.0313. The lowest BCUT2D eigenvalue weighted by atomic mass is 9.70. The molecule has 0 spiro atoms. The van der Waals surface area contributed by atoms with E-state index in [0.29, 0.717) is 12.0 Å². The third-order valence-corrected chi connectivity index (χ3v) is 5.76. The molecule has 2 bridgehead atoms. The molecule has 0 aromatic heterocycles. The van der Waals surface area contributed by atoms with Gasteiger partial charge in [-0.3, -0.25) is 0 Å². The van der Waals surface area contributed by atoms with Gasteiger partial charge in [0.25, 0.3) is 0 Å². The van der Waals surface area contributed by atoms with Crippen molar-refractivity contribution in [2.75, 3.05) is 6.61 Å². The Morgan fingerprint density at radius 2 is 1.78 bits per heavy atom. The smallest absolute Gasteiger partial charge is 0.0601 e. The van der Waals surface area contributed by atoms with Gasteiger partial charge in [0.15, 0.2) is 0 Å². The van der Waals surface area contributed by atoms with Crippen LogP contribution >= 0.6 is 0 Å². The van der Waals surface area contributed by atoms with Gasteiger partial charge in [-0.25, -0.2) is 0 Å². The second-order valence-corrected chi connectivity index (χ2v) is 6.91. The van der Waals surface area contributed by atoms with Crippen molar-refractivity contribution < 1.29 is 10.2 Å². The third kappa shape index (κ3) is 2.91. The largest absolute Gasteiger partial charge is 0.396 e. The first-order chi connectivity index (χ1) is 8.40. The van der Waals surface area contributed by atoms with Crippen molar-refractivity contribution in [3.8, 4) is 0 Å². The highest BCUT2D eigenvalue weighted by Gasteiger charge is 2.60. The fourth-order valence-electron chi connectivity index (χ4n) is 3.70. The number of aliphatic hydroxyl groups is 2. The number of fused-ring (bicyclic) bond motifs is 2. The molecule has 3 atom stereocenters. The lowest BCUT2D eigenvalue weighted by molar-refractivity contribution is 0.0126. The number of rotatable bonds is 4. The van der Waals surface area contributed by atoms with Crippen LogP contribution in [0.5, 0.6) is 0 Å². The molecule has 0 aromatic carbocycles. The van der Waals surface area contributed by atoms with E-state index in [2.05, 4.69) is 27.7 Å². The quantitative estimate of drug-likeness (QED) is 0.752. The number of unbranched alkanes of at least 4 members (excludes halogenated alkanes) is 3. The van der Waals surface area contributed by atoms with Crippen LogP contribution in [0, 0.1) is 16.7 Å². The molecule has 108 valence electrons. The van der Waals surface area contributed by atoms with Gasteiger partial charge in [-0.2, -0.15) is 0 Å². The van der Waals surface area contributed by atoms with Crippen LogP contribution in [0.25, 0.3) is 0 Å². The molecule has 2 rings (SSSR count). The minimum atomic E-state index is -0.0313. The highest BCUT2D eigenvalue weighted by molar-refractivity contribution is 5.10. The molecule has 2 nitrogen and oxygen atoms in total. The van der Waals surface area contributed by atoms with Gasteiger partial charge in [-0.15, -0.1) is 0 Å². The predicted octanol–water partition coefficient (Wildman–Crippen LogP) is 3.75. The summed E-state index contributed by atoms with van der Waals surface area (Å²) in [5.41, 5.74) is 0.601. The first-order valence-corrected chi connectivity index (χ1v) is 7.69. The van der Waals surface area contributed by atoms with Gasteiger partial charge in [0.2, 0.25) is 0 Å². The highest BCUT2D eigenvalue weighted by Crippen LogP contribution is 2.65. The minimum Gasteiger partial charge on any atom is -0.396 e. The average Bonchev–Trinajstić information content (AvgIpc) is 2.64. The van der Waals surface area contributed by atoms with Crippen molar-refractivity contribution in [1.29, 1.82) is 0 Å². The Morgan fingerprint density at radius 1 is 1.11 bits per heavy atom. The van der Waals surface area contributed by atoms with Crippen LogP contribution in [0.15, 0.2) is 0 Å². The monoisotopic (exact) mass is 256 g/mol. The van der Waals surface area contributed by atoms with Crippen LogP contribution in [-0.4, -0.2) is 22.9 Å². The molecular formula is C16H32O2. The normalized spacial score (nSPS) is 36.3. The molecule has 0 amide bonds. The Morgan fingerprint density at radius 3 is 2.06 bits per heavy atom. The summed E-state index contributed by atoms with van der Waals surface area (Å²) >= 11 is 0. The summed E-state index contributed by atoms with van der Waals surface area (Å²) in [5.74, 6) is 0.780. The van der Waals surface area contributed by atoms with Gasteiger partial charge in [0.1, 0.15) is 0 Å². The van der Waals surface area contributed by atoms with E-state index >= 15 is 0 Å². The maximum atomic E-state index is 9.81. The Balaban J connectivity index is 0.000000203. The van der Waals surface area contributed by atoms with Crippen molar-refractivity contribution in [1.82, 2.24) is 0 Å². The zero-order chi connectivity index (χ0) is 13.8. The van der Waals surface area contributed by atoms with Crippen molar-refractivity contribution in [3.05, 3.63) is 0 Å². The van der Waals surface area contributed by atoms with Crippen molar-refractivity contribution >= 4 is 0 Å². The molecule has 2 N–H and O–H groups in total. The van der Waals surface area contributed by atoms with Gasteiger partial charge in [-0.05, 0) is 42.4 Å². The zero-order valence-electron chi connectivity index (χ0n) is 12.7. The summed E-state index contributed by atoms with van der Waals surface area (Å²) < 4.78 is 0. The SMILES string of the molecule is CC1(C)[C@@H]2CC[C@]1(C)[C@H](O)C2.CCCCCCO. The Kier molecular flexibility index (Phi) is 5.67. The van der Waals surface area contributed by atoms with E-state index in [1.807, 2.05) is 0 Å². The summed E-state index contributed by atoms with van der Waals surface area (Å²) in [4.78, 5) is 0. The first kappa shape index (κ1) is 16.0. The molecule has 0 aliphatic heterocycles. The van der Waals surface area contributed by atoms with E-state index in [1.165, 1.54) is 32.1 Å². The Bertz CT molecular complexity index is 245. The van der Waals surface area contributed by atoms with Crippen LogP contribution in [0.2, 0.25) is 0 Å². The van der Waals surface area contributed by atoms with Gasteiger partial charge in [0.05, 0.1) is 6.10 Å². The molecule has 0 saturated heterocycles. The number of hydrogen-bond acceptors (Lipinski definition) is 2. The average molecular weight is 256 g/mol. The molecule has 18 heavy (non-hydrogen) atoms. The lowest BCUT2D eigenvalue weighted by Gasteiger charge is -2.36. The maximum absolute atomic E-state index is 9.81. The second-order valence-electron chi connectivity index (χ2n) is 6.91. The fourth-order valence-corrected chi connectivity index (χ4v) is 3.70. The molecule has 0 aromatic rings. The number of hydrogen-bond donors (Lipinski definition) is 2. The van der Waals surface area contributed by atoms with Gasteiger partial charge in [-0.1, -0.05) is 47.0 Å². The van der Waals surface area contributed by atoms with E-state index in [9.17, 15) is 5.11 Å². The van der Waals surface area contributed by atoms with Crippen LogP contribution in [-0.2, 0) is 0 Å². The molecule has 2 fully saturated rings. The van der Waals surface area contributed by atoms with Crippen LogP contribution < -0.4 is 0 Å². The summed E-state index contributed by atoms with van der Waals surface area (Å²) in [6, 6.07) is 0. The molecule has 2 aliphatic carbocycles. The van der Waals surface area contributed by atoms with E-state index < -0.39 is 0 Å². The lowest BCUT2D eigenvalue weighted by Crippen LogP contribution is -2.35. The standard InChI is InChI=1S/C10H18O.C6H14O/c1-9(2)7-4-5-10(9,3)8(11)6-7;1-2-3-4-5-6-7/h7-8,11H,4-6H2,1-3H3;7H,2-6H2,1H3/t7-,8-,10-;/m1./s1. The third-order valence-electron chi connectivity index (χ3n) is 5.76. The molecule has 0 radical (unpaired) electrons. The second kappa shape index (κ2) is 6.38. The molecular weight excluding hydrogens is 224 g/mol. The molecule has 2 heteroatoms. The van der Waals surface area contributed by atoms with Crippen LogP contribution in [0.3, 0.4) is 0 Å². The molecule has 0 heterocycles. The van der Waals surface area contributed by atoms with Crippen LogP contribution in [0.4, 0.5) is 0 Å².